The number of methoxy groups -OCH3 is 1. The summed E-state index contributed by atoms with van der Waals surface area (Å²) in [6.07, 6.45) is 3.57. The van der Waals surface area contributed by atoms with Crippen molar-refractivity contribution in [3.05, 3.63) is 65.7 Å². The van der Waals surface area contributed by atoms with Crippen LogP contribution in [0.1, 0.15) is 36.9 Å². The first-order chi connectivity index (χ1) is 10.3. The molecular weight excluding hydrogens is 258 g/mol. The molecule has 0 unspecified atom stereocenters. The Labute approximate surface area is 128 Å². The zero-order valence-electron chi connectivity index (χ0n) is 13.0. The highest BCUT2D eigenvalue weighted by atomic mass is 16.5. The van der Waals surface area contributed by atoms with Crippen molar-refractivity contribution < 1.29 is 4.74 Å². The van der Waals surface area contributed by atoms with Gasteiger partial charge in [-0.3, -0.25) is 0 Å². The highest BCUT2D eigenvalue weighted by Gasteiger charge is 2.09. The van der Waals surface area contributed by atoms with E-state index >= 15 is 0 Å². The fourth-order valence-electron chi connectivity index (χ4n) is 2.55. The van der Waals surface area contributed by atoms with E-state index < -0.39 is 0 Å². The number of nitrogens with one attached hydrogen (secondary N) is 1. The maximum atomic E-state index is 5.41. The van der Waals surface area contributed by atoms with Crippen LogP contribution in [0, 0.1) is 0 Å². The van der Waals surface area contributed by atoms with Gasteiger partial charge in [-0.25, -0.2) is 0 Å². The number of benzene rings is 2. The largest absolute Gasteiger partial charge is 0.496 e. The second kappa shape index (κ2) is 8.48. The number of para-hydroxylation sites is 1. The van der Waals surface area contributed by atoms with Gasteiger partial charge in [0.1, 0.15) is 5.75 Å². The van der Waals surface area contributed by atoms with Crippen molar-refractivity contribution in [3.8, 4) is 5.75 Å². The average molecular weight is 283 g/mol. The van der Waals surface area contributed by atoms with Gasteiger partial charge < -0.3 is 10.1 Å². The van der Waals surface area contributed by atoms with E-state index in [1.165, 1.54) is 24.0 Å². The average Bonchev–Trinajstić information content (AvgIpc) is 2.55. The minimum absolute atomic E-state index is 0.317. The van der Waals surface area contributed by atoms with Crippen LogP contribution < -0.4 is 10.1 Å². The van der Waals surface area contributed by atoms with Crippen LogP contribution in [0.4, 0.5) is 0 Å². The van der Waals surface area contributed by atoms with Crippen LogP contribution in [0.5, 0.6) is 5.75 Å². The lowest BCUT2D eigenvalue weighted by Crippen LogP contribution is -2.20. The molecule has 0 aliphatic carbocycles. The Balaban J connectivity index is 1.71. The molecule has 0 aliphatic heterocycles. The normalized spacial score (nSPS) is 12.1. The Morgan fingerprint density at radius 3 is 2.43 bits per heavy atom. The molecule has 0 amide bonds. The van der Waals surface area contributed by atoms with Gasteiger partial charge in [0.05, 0.1) is 7.11 Å². The maximum Gasteiger partial charge on any atom is 0.123 e. The maximum absolute atomic E-state index is 5.41. The van der Waals surface area contributed by atoms with E-state index in [0.29, 0.717) is 6.04 Å². The van der Waals surface area contributed by atoms with Gasteiger partial charge >= 0.3 is 0 Å². The molecule has 0 aliphatic rings. The molecule has 112 valence electrons. The summed E-state index contributed by atoms with van der Waals surface area (Å²) in [5, 5.41) is 3.58. The Hall–Kier alpha value is -1.80. The smallest absolute Gasteiger partial charge is 0.123 e. The minimum Gasteiger partial charge on any atom is -0.496 e. The third kappa shape index (κ3) is 4.91. The zero-order chi connectivity index (χ0) is 14.9. The summed E-state index contributed by atoms with van der Waals surface area (Å²) < 4.78 is 5.41. The molecule has 0 aromatic heterocycles. The van der Waals surface area contributed by atoms with Gasteiger partial charge in [0.15, 0.2) is 0 Å². The summed E-state index contributed by atoms with van der Waals surface area (Å²) in [4.78, 5) is 0. The summed E-state index contributed by atoms with van der Waals surface area (Å²) in [6.45, 7) is 3.22. The Morgan fingerprint density at radius 1 is 0.952 bits per heavy atom. The zero-order valence-corrected chi connectivity index (χ0v) is 13.0. The van der Waals surface area contributed by atoms with Crippen LogP contribution in [0.25, 0.3) is 0 Å². The van der Waals surface area contributed by atoms with Gasteiger partial charge in [0.25, 0.3) is 0 Å². The van der Waals surface area contributed by atoms with E-state index in [4.69, 9.17) is 4.74 Å². The predicted molar refractivity (Wildman–Crippen MR) is 88.8 cm³/mol. The molecule has 2 nitrogen and oxygen atoms in total. The van der Waals surface area contributed by atoms with E-state index in [-0.39, 0.29) is 0 Å². The second-order valence-corrected chi connectivity index (χ2v) is 5.36. The summed E-state index contributed by atoms with van der Waals surface area (Å²) in [7, 11) is 1.73. The molecular formula is C19H25NO. The van der Waals surface area contributed by atoms with Gasteiger partial charge in [0.2, 0.25) is 0 Å². The number of rotatable bonds is 8. The summed E-state index contributed by atoms with van der Waals surface area (Å²) >= 11 is 0. The molecule has 2 heteroatoms. The van der Waals surface area contributed by atoms with Gasteiger partial charge in [-0.05, 0) is 44.4 Å². The van der Waals surface area contributed by atoms with Crippen LogP contribution >= 0.6 is 0 Å². The van der Waals surface area contributed by atoms with Crippen molar-refractivity contribution in [1.29, 1.82) is 0 Å². The predicted octanol–water partition coefficient (Wildman–Crippen LogP) is 4.37. The molecule has 1 N–H and O–H groups in total. The first-order valence-electron chi connectivity index (χ1n) is 7.71. The molecule has 2 aromatic rings. The van der Waals surface area contributed by atoms with Crippen molar-refractivity contribution in [3.63, 3.8) is 0 Å². The van der Waals surface area contributed by atoms with Gasteiger partial charge in [-0.1, -0.05) is 48.5 Å². The molecule has 0 bridgehead atoms. The van der Waals surface area contributed by atoms with E-state index in [9.17, 15) is 0 Å². The highest BCUT2D eigenvalue weighted by molar-refractivity contribution is 5.35. The van der Waals surface area contributed by atoms with Crippen molar-refractivity contribution in [1.82, 2.24) is 5.32 Å². The lowest BCUT2D eigenvalue weighted by Gasteiger charge is -2.17. The number of hydrogen-bond acceptors (Lipinski definition) is 2. The SMILES string of the molecule is COc1ccccc1[C@H](C)NCCCCc1ccccc1. The molecule has 21 heavy (non-hydrogen) atoms. The molecule has 0 spiro atoms. The van der Waals surface area contributed by atoms with Crippen LogP contribution in [0.15, 0.2) is 54.6 Å². The molecule has 0 saturated carbocycles. The van der Waals surface area contributed by atoms with Crippen molar-refractivity contribution in [2.75, 3.05) is 13.7 Å². The van der Waals surface area contributed by atoms with E-state index in [0.717, 1.165) is 18.7 Å². The fraction of sp³-hybridized carbons (Fsp3) is 0.368. The number of ether oxygens (including phenoxy) is 1. The molecule has 2 rings (SSSR count). The molecule has 0 heterocycles. The highest BCUT2D eigenvalue weighted by Crippen LogP contribution is 2.24. The van der Waals surface area contributed by atoms with Crippen LogP contribution in [0.3, 0.4) is 0 Å². The van der Waals surface area contributed by atoms with E-state index in [1.807, 2.05) is 12.1 Å². The van der Waals surface area contributed by atoms with Crippen LogP contribution in [0.2, 0.25) is 0 Å². The third-order valence-electron chi connectivity index (χ3n) is 3.79. The standard InChI is InChI=1S/C19H25NO/c1-16(18-13-6-7-14-19(18)21-2)20-15-9-8-12-17-10-4-3-5-11-17/h3-7,10-11,13-14,16,20H,8-9,12,15H2,1-2H3/t16-/m0/s1. The van der Waals surface area contributed by atoms with Crippen LogP contribution in [-0.2, 0) is 6.42 Å². The van der Waals surface area contributed by atoms with Gasteiger partial charge in [0, 0.05) is 11.6 Å². The minimum atomic E-state index is 0.317. The molecule has 0 radical (unpaired) electrons. The Morgan fingerprint density at radius 2 is 1.67 bits per heavy atom. The topological polar surface area (TPSA) is 21.3 Å². The number of hydrogen-bond donors (Lipinski definition) is 1. The summed E-state index contributed by atoms with van der Waals surface area (Å²) in [5.74, 6) is 0.960. The fourth-order valence-corrected chi connectivity index (χ4v) is 2.55. The van der Waals surface area contributed by atoms with Crippen molar-refractivity contribution in [2.45, 2.75) is 32.2 Å². The Kier molecular flexibility index (Phi) is 6.29. The molecule has 2 aromatic carbocycles. The van der Waals surface area contributed by atoms with E-state index in [1.54, 1.807) is 7.11 Å². The monoisotopic (exact) mass is 283 g/mol. The van der Waals surface area contributed by atoms with E-state index in [2.05, 4.69) is 54.7 Å². The van der Waals surface area contributed by atoms with Gasteiger partial charge in [-0.15, -0.1) is 0 Å². The second-order valence-electron chi connectivity index (χ2n) is 5.36. The van der Waals surface area contributed by atoms with Crippen LogP contribution in [-0.4, -0.2) is 13.7 Å². The number of aryl methyl sites for hydroxylation is 1. The Bertz CT molecular complexity index is 524. The first-order valence-corrected chi connectivity index (χ1v) is 7.71. The summed E-state index contributed by atoms with van der Waals surface area (Å²) in [5.41, 5.74) is 2.65. The lowest BCUT2D eigenvalue weighted by molar-refractivity contribution is 0.401. The quantitative estimate of drug-likeness (QED) is 0.726. The molecule has 0 saturated heterocycles. The summed E-state index contributed by atoms with van der Waals surface area (Å²) in [6, 6.07) is 19.2. The third-order valence-corrected chi connectivity index (χ3v) is 3.79. The molecule has 1 atom stereocenters. The van der Waals surface area contributed by atoms with Crippen molar-refractivity contribution in [2.24, 2.45) is 0 Å². The number of unbranched alkanes of at least 4 members (excludes halogenated alkanes) is 1. The lowest BCUT2D eigenvalue weighted by atomic mass is 10.1. The van der Waals surface area contributed by atoms with Crippen molar-refractivity contribution >= 4 is 0 Å². The van der Waals surface area contributed by atoms with Gasteiger partial charge in [-0.2, -0.15) is 0 Å². The molecule has 0 fully saturated rings. The first kappa shape index (κ1) is 15.6.